The normalized spacial score (nSPS) is 9.90. The van der Waals surface area contributed by atoms with E-state index in [2.05, 4.69) is 17.2 Å². The zero-order valence-corrected chi connectivity index (χ0v) is 12.6. The molecule has 1 aromatic heterocycles. The van der Waals surface area contributed by atoms with Crippen LogP contribution in [0.1, 0.15) is 40.2 Å². The summed E-state index contributed by atoms with van der Waals surface area (Å²) >= 11 is 1.38. The molecule has 20 heavy (non-hydrogen) atoms. The van der Waals surface area contributed by atoms with Gasteiger partial charge in [0.15, 0.2) is 0 Å². The Kier molecular flexibility index (Phi) is 8.72. The molecule has 1 heterocycles. The molecule has 0 atom stereocenters. The summed E-state index contributed by atoms with van der Waals surface area (Å²) in [7, 11) is 1.69. The minimum atomic E-state index is -0.0445. The third kappa shape index (κ3) is 6.71. The van der Waals surface area contributed by atoms with Crippen molar-refractivity contribution in [2.45, 2.75) is 25.7 Å². The highest BCUT2D eigenvalue weighted by Gasteiger charge is 2.07. The van der Waals surface area contributed by atoms with E-state index in [1.807, 2.05) is 6.07 Å². The van der Waals surface area contributed by atoms with E-state index in [9.17, 15) is 4.79 Å². The first kappa shape index (κ1) is 16.7. The maximum absolute atomic E-state index is 11.9. The predicted octanol–water partition coefficient (Wildman–Crippen LogP) is 2.03. The van der Waals surface area contributed by atoms with Crippen LogP contribution in [-0.2, 0) is 4.74 Å². The number of hydrogen-bond acceptors (Lipinski definition) is 4. The van der Waals surface area contributed by atoms with Crippen LogP contribution in [-0.4, -0.2) is 37.9 Å². The third-order valence-corrected chi connectivity index (χ3v) is 3.59. The molecule has 5 heteroatoms. The van der Waals surface area contributed by atoms with Gasteiger partial charge in [0, 0.05) is 26.7 Å². The number of unbranched alkanes of at least 4 members (excludes halogenated alkanes) is 2. The van der Waals surface area contributed by atoms with Crippen molar-refractivity contribution in [3.8, 4) is 11.8 Å². The minimum absolute atomic E-state index is 0.0445. The molecule has 0 fully saturated rings. The summed E-state index contributed by atoms with van der Waals surface area (Å²) in [6, 6.07) is 3.62. The number of aliphatic hydroxyl groups is 1. The fraction of sp³-hybridized carbons (Fsp3) is 0.533. The molecular formula is C15H21NO3S. The number of nitrogens with one attached hydrogen (secondary N) is 1. The number of rotatable bonds is 8. The Morgan fingerprint density at radius 3 is 3.00 bits per heavy atom. The lowest BCUT2D eigenvalue weighted by molar-refractivity contribution is 0.0956. The second kappa shape index (κ2) is 10.4. The van der Waals surface area contributed by atoms with Gasteiger partial charge in [-0.25, -0.2) is 0 Å². The highest BCUT2D eigenvalue weighted by molar-refractivity contribution is 7.14. The Morgan fingerprint density at radius 2 is 2.25 bits per heavy atom. The van der Waals surface area contributed by atoms with Gasteiger partial charge in [-0.05, 0) is 31.4 Å². The van der Waals surface area contributed by atoms with Crippen molar-refractivity contribution in [2.24, 2.45) is 0 Å². The number of carbonyl (C=O) groups excluding carboxylic acids is 1. The van der Waals surface area contributed by atoms with Gasteiger partial charge in [-0.15, -0.1) is 11.3 Å². The molecule has 0 aromatic carbocycles. The van der Waals surface area contributed by atoms with Gasteiger partial charge in [-0.2, -0.15) is 0 Å². The van der Waals surface area contributed by atoms with Crippen molar-refractivity contribution in [3.63, 3.8) is 0 Å². The summed E-state index contributed by atoms with van der Waals surface area (Å²) in [6.45, 7) is 1.52. The van der Waals surface area contributed by atoms with Crippen LogP contribution in [0.4, 0.5) is 0 Å². The molecule has 0 spiro atoms. The summed E-state index contributed by atoms with van der Waals surface area (Å²) in [5, 5.41) is 11.5. The Hall–Kier alpha value is -1.35. The monoisotopic (exact) mass is 295 g/mol. The largest absolute Gasteiger partial charge is 0.395 e. The second-order valence-electron chi connectivity index (χ2n) is 4.25. The van der Waals surface area contributed by atoms with Crippen LogP contribution in [0.2, 0.25) is 0 Å². The quantitative estimate of drug-likeness (QED) is 0.570. The number of amides is 1. The Labute approximate surface area is 124 Å². The lowest BCUT2D eigenvalue weighted by atomic mass is 10.2. The molecule has 1 rings (SSSR count). The molecule has 0 aliphatic heterocycles. The first-order valence-corrected chi connectivity index (χ1v) is 7.56. The van der Waals surface area contributed by atoms with Crippen LogP contribution in [0.5, 0.6) is 0 Å². The number of thiophene rings is 1. The topological polar surface area (TPSA) is 58.6 Å². The first-order valence-electron chi connectivity index (χ1n) is 6.74. The lowest BCUT2D eigenvalue weighted by Crippen LogP contribution is -2.23. The maximum atomic E-state index is 11.9. The molecule has 0 unspecified atom stereocenters. The highest BCUT2D eigenvalue weighted by atomic mass is 32.1. The smallest absolute Gasteiger partial charge is 0.261 e. The van der Waals surface area contributed by atoms with Crippen molar-refractivity contribution < 1.29 is 14.6 Å². The Balaban J connectivity index is 2.28. The van der Waals surface area contributed by atoms with Crippen molar-refractivity contribution >= 4 is 17.2 Å². The van der Waals surface area contributed by atoms with Crippen molar-refractivity contribution in [1.29, 1.82) is 0 Å². The number of ether oxygens (including phenoxy) is 1. The van der Waals surface area contributed by atoms with E-state index in [1.165, 1.54) is 11.3 Å². The van der Waals surface area contributed by atoms with Crippen LogP contribution in [0.3, 0.4) is 0 Å². The summed E-state index contributed by atoms with van der Waals surface area (Å²) in [4.78, 5) is 13.4. The molecule has 2 N–H and O–H groups in total. The summed E-state index contributed by atoms with van der Waals surface area (Å²) in [5.74, 6) is 5.72. The number of hydrogen-bond donors (Lipinski definition) is 2. The SMILES string of the molecule is COCCCCCNC(=O)c1ccc(C#CCCO)s1. The molecule has 0 aliphatic rings. The standard InChI is InChI=1S/C15H21NO3S/c1-19-12-6-2-4-10-16-15(18)14-9-8-13(20-14)7-3-5-11-17/h8-9,17H,2,4-6,10-12H2,1H3,(H,16,18). The van der Waals surface area contributed by atoms with Gasteiger partial charge in [0.25, 0.3) is 5.91 Å². The Morgan fingerprint density at radius 1 is 1.40 bits per heavy atom. The van der Waals surface area contributed by atoms with Crippen molar-refractivity contribution in [3.05, 3.63) is 21.9 Å². The van der Waals surface area contributed by atoms with Gasteiger partial charge in [0.05, 0.1) is 16.4 Å². The van der Waals surface area contributed by atoms with E-state index in [0.29, 0.717) is 17.8 Å². The molecule has 1 aromatic rings. The third-order valence-electron chi connectivity index (χ3n) is 2.59. The van der Waals surface area contributed by atoms with Gasteiger partial charge in [-0.3, -0.25) is 4.79 Å². The van der Waals surface area contributed by atoms with E-state index >= 15 is 0 Å². The minimum Gasteiger partial charge on any atom is -0.395 e. The van der Waals surface area contributed by atoms with Gasteiger partial charge in [0.2, 0.25) is 0 Å². The fourth-order valence-corrected chi connectivity index (χ4v) is 2.37. The number of carbonyl (C=O) groups is 1. The van der Waals surface area contributed by atoms with E-state index in [-0.39, 0.29) is 12.5 Å². The van der Waals surface area contributed by atoms with Crippen LogP contribution in [0.15, 0.2) is 12.1 Å². The molecule has 0 aliphatic carbocycles. The molecule has 110 valence electrons. The van der Waals surface area contributed by atoms with Crippen LogP contribution in [0.25, 0.3) is 0 Å². The van der Waals surface area contributed by atoms with Crippen LogP contribution < -0.4 is 5.32 Å². The Bertz CT molecular complexity index is 459. The summed E-state index contributed by atoms with van der Waals surface area (Å²) in [5.41, 5.74) is 0. The predicted molar refractivity (Wildman–Crippen MR) is 81.0 cm³/mol. The fourth-order valence-electron chi connectivity index (χ4n) is 1.57. The highest BCUT2D eigenvalue weighted by Crippen LogP contribution is 2.15. The average molecular weight is 295 g/mol. The molecule has 0 radical (unpaired) electrons. The van der Waals surface area contributed by atoms with Crippen molar-refractivity contribution in [1.82, 2.24) is 5.32 Å². The molecule has 0 saturated heterocycles. The molecule has 1 amide bonds. The zero-order valence-electron chi connectivity index (χ0n) is 11.8. The van der Waals surface area contributed by atoms with E-state index in [0.717, 1.165) is 30.7 Å². The van der Waals surface area contributed by atoms with E-state index in [1.54, 1.807) is 13.2 Å². The first-order chi connectivity index (χ1) is 9.77. The zero-order chi connectivity index (χ0) is 14.6. The van der Waals surface area contributed by atoms with Gasteiger partial charge < -0.3 is 15.2 Å². The summed E-state index contributed by atoms with van der Waals surface area (Å²) < 4.78 is 4.97. The summed E-state index contributed by atoms with van der Waals surface area (Å²) in [6.07, 6.45) is 3.50. The van der Waals surface area contributed by atoms with Gasteiger partial charge >= 0.3 is 0 Å². The second-order valence-corrected chi connectivity index (χ2v) is 5.33. The van der Waals surface area contributed by atoms with E-state index in [4.69, 9.17) is 9.84 Å². The van der Waals surface area contributed by atoms with Crippen molar-refractivity contribution in [2.75, 3.05) is 26.9 Å². The van der Waals surface area contributed by atoms with Gasteiger partial charge in [0.1, 0.15) is 0 Å². The number of aliphatic hydroxyl groups excluding tert-OH is 1. The maximum Gasteiger partial charge on any atom is 0.261 e. The van der Waals surface area contributed by atoms with E-state index < -0.39 is 0 Å². The molecule has 0 bridgehead atoms. The molecule has 4 nitrogen and oxygen atoms in total. The van der Waals surface area contributed by atoms with Crippen LogP contribution in [0, 0.1) is 11.8 Å². The molecule has 0 saturated carbocycles. The lowest BCUT2D eigenvalue weighted by Gasteiger charge is -2.03. The number of methoxy groups -OCH3 is 1. The average Bonchev–Trinajstić information content (AvgIpc) is 2.92. The van der Waals surface area contributed by atoms with Gasteiger partial charge in [-0.1, -0.05) is 11.8 Å². The van der Waals surface area contributed by atoms with Crippen LogP contribution >= 0.6 is 11.3 Å². The molecular weight excluding hydrogens is 274 g/mol.